The Morgan fingerprint density at radius 1 is 1.30 bits per heavy atom. The topological polar surface area (TPSA) is 72.2 Å². The standard InChI is InChI=1S/C14H24N2O2S2/c1-5-14(6-2,19-4)10-16-20(17,18)13-11(3)8-7-9-12(13)15/h7-9,16H,5-6,10,15H2,1-4H3. The summed E-state index contributed by atoms with van der Waals surface area (Å²) in [6.45, 7) is 6.33. The molecule has 0 saturated heterocycles. The second-order valence-corrected chi connectivity index (χ2v) is 7.89. The number of hydrogen-bond acceptors (Lipinski definition) is 4. The highest BCUT2D eigenvalue weighted by Crippen LogP contribution is 2.30. The number of aryl methyl sites for hydroxylation is 1. The fourth-order valence-corrected chi connectivity index (χ4v) is 4.57. The molecule has 0 spiro atoms. The maximum absolute atomic E-state index is 12.5. The highest BCUT2D eigenvalue weighted by atomic mass is 32.2. The summed E-state index contributed by atoms with van der Waals surface area (Å²) in [6.07, 6.45) is 3.84. The Balaban J connectivity index is 3.02. The van der Waals surface area contributed by atoms with Gasteiger partial charge in [-0.05, 0) is 37.7 Å². The van der Waals surface area contributed by atoms with Crippen LogP contribution in [0.2, 0.25) is 0 Å². The minimum atomic E-state index is -3.57. The lowest BCUT2D eigenvalue weighted by Gasteiger charge is -2.29. The van der Waals surface area contributed by atoms with Crippen LogP contribution in [0.4, 0.5) is 5.69 Å². The van der Waals surface area contributed by atoms with Crippen LogP contribution in [0.5, 0.6) is 0 Å². The first-order valence-electron chi connectivity index (χ1n) is 6.72. The van der Waals surface area contributed by atoms with E-state index in [1.807, 2.05) is 6.26 Å². The summed E-state index contributed by atoms with van der Waals surface area (Å²) < 4.78 is 27.6. The van der Waals surface area contributed by atoms with Crippen LogP contribution in [-0.4, -0.2) is 26.0 Å². The van der Waals surface area contributed by atoms with Crippen molar-refractivity contribution >= 4 is 27.5 Å². The Bertz CT molecular complexity index is 524. The van der Waals surface area contributed by atoms with Crippen molar-refractivity contribution in [2.45, 2.75) is 43.3 Å². The highest BCUT2D eigenvalue weighted by molar-refractivity contribution is 8.00. The van der Waals surface area contributed by atoms with E-state index in [9.17, 15) is 8.42 Å². The molecular weight excluding hydrogens is 292 g/mol. The van der Waals surface area contributed by atoms with Crippen molar-refractivity contribution < 1.29 is 8.42 Å². The number of rotatable bonds is 7. The number of nitrogens with two attached hydrogens (primary N) is 1. The molecule has 0 aliphatic carbocycles. The monoisotopic (exact) mass is 316 g/mol. The molecule has 1 rings (SSSR count). The molecule has 0 aromatic heterocycles. The normalized spacial score (nSPS) is 12.6. The van der Waals surface area contributed by atoms with Crippen LogP contribution in [0, 0.1) is 6.92 Å². The summed E-state index contributed by atoms with van der Waals surface area (Å²) in [7, 11) is -3.57. The zero-order valence-electron chi connectivity index (χ0n) is 12.6. The van der Waals surface area contributed by atoms with Crippen LogP contribution in [0.15, 0.2) is 23.1 Å². The Morgan fingerprint density at radius 3 is 2.35 bits per heavy atom. The molecule has 0 unspecified atom stereocenters. The number of benzene rings is 1. The van der Waals surface area contributed by atoms with Crippen molar-refractivity contribution in [1.82, 2.24) is 4.72 Å². The lowest BCUT2D eigenvalue weighted by molar-refractivity contribution is 0.522. The molecule has 0 radical (unpaired) electrons. The molecule has 3 N–H and O–H groups in total. The van der Waals surface area contributed by atoms with Gasteiger partial charge in [-0.25, -0.2) is 13.1 Å². The van der Waals surface area contributed by atoms with Gasteiger partial charge in [-0.3, -0.25) is 0 Å². The van der Waals surface area contributed by atoms with Crippen LogP contribution in [0.3, 0.4) is 0 Å². The van der Waals surface area contributed by atoms with E-state index >= 15 is 0 Å². The first kappa shape index (κ1) is 17.3. The van der Waals surface area contributed by atoms with Gasteiger partial charge in [0, 0.05) is 11.3 Å². The predicted octanol–water partition coefficient (Wildman–Crippen LogP) is 2.78. The Morgan fingerprint density at radius 2 is 1.90 bits per heavy atom. The van der Waals surface area contributed by atoms with Crippen molar-refractivity contribution in [1.29, 1.82) is 0 Å². The number of hydrogen-bond donors (Lipinski definition) is 2. The minimum Gasteiger partial charge on any atom is -0.398 e. The summed E-state index contributed by atoms with van der Waals surface area (Å²) in [5.74, 6) is 0. The maximum Gasteiger partial charge on any atom is 0.242 e. The number of nitrogens with one attached hydrogen (secondary N) is 1. The minimum absolute atomic E-state index is 0.0650. The zero-order chi connectivity index (χ0) is 15.4. The van der Waals surface area contributed by atoms with E-state index < -0.39 is 10.0 Å². The summed E-state index contributed by atoms with van der Waals surface area (Å²) in [4.78, 5) is 0.196. The van der Waals surface area contributed by atoms with Crippen LogP contribution in [0.1, 0.15) is 32.3 Å². The summed E-state index contributed by atoms with van der Waals surface area (Å²) >= 11 is 1.70. The van der Waals surface area contributed by atoms with Gasteiger partial charge in [0.2, 0.25) is 10.0 Å². The molecule has 4 nitrogen and oxygen atoms in total. The molecule has 0 saturated carbocycles. The molecule has 1 aromatic rings. The lowest BCUT2D eigenvalue weighted by atomic mass is 10.0. The van der Waals surface area contributed by atoms with Gasteiger partial charge in [0.25, 0.3) is 0 Å². The van der Waals surface area contributed by atoms with E-state index in [0.29, 0.717) is 17.8 Å². The second-order valence-electron chi connectivity index (χ2n) is 4.91. The third kappa shape index (κ3) is 3.68. The van der Waals surface area contributed by atoms with Crippen LogP contribution in [0.25, 0.3) is 0 Å². The van der Waals surface area contributed by atoms with Crippen LogP contribution >= 0.6 is 11.8 Å². The number of anilines is 1. The average Bonchev–Trinajstić information content (AvgIpc) is 2.40. The number of thioether (sulfide) groups is 1. The van der Waals surface area contributed by atoms with Gasteiger partial charge in [0.1, 0.15) is 4.90 Å². The predicted molar refractivity (Wildman–Crippen MR) is 87.6 cm³/mol. The van der Waals surface area contributed by atoms with Crippen LogP contribution < -0.4 is 10.5 Å². The molecule has 0 aliphatic heterocycles. The molecule has 0 bridgehead atoms. The van der Waals surface area contributed by atoms with Crippen molar-refractivity contribution in [3.8, 4) is 0 Å². The Kier molecular flexibility index (Phi) is 5.91. The SMILES string of the molecule is CCC(CC)(CNS(=O)(=O)c1c(C)cccc1N)SC. The molecule has 0 amide bonds. The summed E-state index contributed by atoms with van der Waals surface area (Å²) in [5.41, 5.74) is 6.78. The molecule has 114 valence electrons. The third-order valence-corrected chi connectivity index (χ3v) is 7.02. The van der Waals surface area contributed by atoms with Gasteiger partial charge in [-0.1, -0.05) is 26.0 Å². The fraction of sp³-hybridized carbons (Fsp3) is 0.571. The van der Waals surface area contributed by atoms with Crippen molar-refractivity contribution in [3.63, 3.8) is 0 Å². The summed E-state index contributed by atoms with van der Waals surface area (Å²) in [5, 5.41) is 0. The van der Waals surface area contributed by atoms with Gasteiger partial charge in [0.15, 0.2) is 0 Å². The Hall–Kier alpha value is -0.720. The third-order valence-electron chi connectivity index (χ3n) is 3.82. The highest BCUT2D eigenvalue weighted by Gasteiger charge is 2.28. The number of sulfonamides is 1. The van der Waals surface area contributed by atoms with Crippen molar-refractivity contribution in [3.05, 3.63) is 23.8 Å². The molecule has 6 heteroatoms. The van der Waals surface area contributed by atoms with Gasteiger partial charge in [-0.15, -0.1) is 0 Å². The molecule has 0 heterocycles. The maximum atomic E-state index is 12.5. The van der Waals surface area contributed by atoms with Crippen molar-refractivity contribution in [2.24, 2.45) is 0 Å². The lowest BCUT2D eigenvalue weighted by Crippen LogP contribution is -2.39. The zero-order valence-corrected chi connectivity index (χ0v) is 14.2. The first-order valence-corrected chi connectivity index (χ1v) is 9.42. The van der Waals surface area contributed by atoms with Gasteiger partial charge < -0.3 is 5.73 Å². The molecule has 20 heavy (non-hydrogen) atoms. The average molecular weight is 316 g/mol. The molecule has 1 aromatic carbocycles. The van der Waals surface area contributed by atoms with Gasteiger partial charge >= 0.3 is 0 Å². The largest absolute Gasteiger partial charge is 0.398 e. The molecular formula is C14H24N2O2S2. The smallest absolute Gasteiger partial charge is 0.242 e. The summed E-state index contributed by atoms with van der Waals surface area (Å²) in [6, 6.07) is 5.13. The van der Waals surface area contributed by atoms with Crippen molar-refractivity contribution in [2.75, 3.05) is 18.5 Å². The molecule has 0 aliphatic rings. The quantitative estimate of drug-likeness (QED) is 0.759. The van der Waals surface area contributed by atoms with E-state index in [1.54, 1.807) is 36.9 Å². The fourth-order valence-electron chi connectivity index (χ4n) is 2.20. The van der Waals surface area contributed by atoms with Crippen LogP contribution in [-0.2, 0) is 10.0 Å². The van der Waals surface area contributed by atoms with E-state index in [2.05, 4.69) is 18.6 Å². The first-order chi connectivity index (χ1) is 9.32. The Labute approximate surface area is 126 Å². The number of nitrogen functional groups attached to an aromatic ring is 1. The molecule has 0 atom stereocenters. The van der Waals surface area contributed by atoms with E-state index in [0.717, 1.165) is 12.8 Å². The van der Waals surface area contributed by atoms with E-state index in [1.165, 1.54) is 0 Å². The van der Waals surface area contributed by atoms with E-state index in [-0.39, 0.29) is 9.64 Å². The molecule has 0 fully saturated rings. The van der Waals surface area contributed by atoms with Gasteiger partial charge in [0.05, 0.1) is 5.69 Å². The van der Waals surface area contributed by atoms with Gasteiger partial charge in [-0.2, -0.15) is 11.8 Å². The van der Waals surface area contributed by atoms with E-state index in [4.69, 9.17) is 5.73 Å². The second kappa shape index (κ2) is 6.83.